The molecule has 0 aromatic carbocycles. The quantitative estimate of drug-likeness (QED) is 0.554. The zero-order chi connectivity index (χ0) is 12.3. The maximum Gasteiger partial charge on any atom is 0.0700 e. The molecule has 1 N–H and O–H groups in total. The van der Waals surface area contributed by atoms with Gasteiger partial charge in [0.2, 0.25) is 0 Å². The predicted molar refractivity (Wildman–Crippen MR) is 68.9 cm³/mol. The first kappa shape index (κ1) is 15.9. The van der Waals surface area contributed by atoms with Crippen LogP contribution in [0.25, 0.3) is 0 Å². The van der Waals surface area contributed by atoms with Gasteiger partial charge in [0.15, 0.2) is 0 Å². The van der Waals surface area contributed by atoms with Crippen LogP contribution in [0.5, 0.6) is 0 Å². The fraction of sp³-hybridized carbons (Fsp3) is 1.00. The smallest absolute Gasteiger partial charge is 0.0700 e. The molecule has 16 heavy (non-hydrogen) atoms. The number of hydrogen-bond acceptors (Lipinski definition) is 3. The summed E-state index contributed by atoms with van der Waals surface area (Å²) < 4.78 is 11.0. The van der Waals surface area contributed by atoms with Crippen LogP contribution in [0, 0.1) is 5.41 Å². The summed E-state index contributed by atoms with van der Waals surface area (Å²) in [7, 11) is 0. The first-order valence-corrected chi connectivity index (χ1v) is 6.48. The van der Waals surface area contributed by atoms with Crippen molar-refractivity contribution in [1.29, 1.82) is 0 Å². The van der Waals surface area contributed by atoms with Gasteiger partial charge in [0, 0.05) is 18.6 Å². The molecule has 0 saturated heterocycles. The van der Waals surface area contributed by atoms with Gasteiger partial charge in [-0.15, -0.1) is 0 Å². The third-order valence-electron chi connectivity index (χ3n) is 2.24. The second-order valence-electron chi connectivity index (χ2n) is 5.01. The van der Waals surface area contributed by atoms with Crippen LogP contribution >= 0.6 is 0 Å². The van der Waals surface area contributed by atoms with E-state index in [1.54, 1.807) is 0 Å². The molecule has 0 bridgehead atoms. The molecule has 0 aliphatic heterocycles. The lowest BCUT2D eigenvalue weighted by Gasteiger charge is -2.24. The first-order valence-electron chi connectivity index (χ1n) is 6.48. The Hall–Kier alpha value is -0.120. The van der Waals surface area contributed by atoms with Crippen molar-refractivity contribution in [3.8, 4) is 0 Å². The molecule has 0 aliphatic carbocycles. The lowest BCUT2D eigenvalue weighted by molar-refractivity contribution is 0.0152. The molecule has 0 amide bonds. The fourth-order valence-electron chi connectivity index (χ4n) is 1.37. The molecule has 0 spiro atoms. The van der Waals surface area contributed by atoms with Crippen LogP contribution in [0.3, 0.4) is 0 Å². The van der Waals surface area contributed by atoms with Gasteiger partial charge in [-0.25, -0.2) is 0 Å². The second-order valence-corrected chi connectivity index (χ2v) is 5.01. The summed E-state index contributed by atoms with van der Waals surface area (Å²) in [5, 5.41) is 3.43. The largest absolute Gasteiger partial charge is 0.379 e. The molecule has 98 valence electrons. The van der Waals surface area contributed by atoms with Gasteiger partial charge in [0.25, 0.3) is 0 Å². The molecule has 0 atom stereocenters. The Morgan fingerprint density at radius 1 is 0.938 bits per heavy atom. The third-order valence-corrected chi connectivity index (χ3v) is 2.24. The van der Waals surface area contributed by atoms with E-state index in [1.165, 1.54) is 6.42 Å². The summed E-state index contributed by atoms with van der Waals surface area (Å²) in [6, 6.07) is 0. The van der Waals surface area contributed by atoms with Crippen molar-refractivity contribution < 1.29 is 9.47 Å². The molecule has 0 rings (SSSR count). The Balaban J connectivity index is 3.35. The second kappa shape index (κ2) is 10.1. The lowest BCUT2D eigenvalue weighted by Crippen LogP contribution is -2.34. The zero-order valence-electron chi connectivity index (χ0n) is 11.5. The Labute approximate surface area is 101 Å². The van der Waals surface area contributed by atoms with Gasteiger partial charge in [-0.3, -0.25) is 0 Å². The van der Waals surface area contributed by atoms with Crippen LogP contribution in [0.15, 0.2) is 0 Å². The maximum atomic E-state index is 5.61. The molecular weight excluding hydrogens is 202 g/mol. The van der Waals surface area contributed by atoms with Gasteiger partial charge < -0.3 is 14.8 Å². The highest BCUT2D eigenvalue weighted by Gasteiger charge is 2.17. The van der Waals surface area contributed by atoms with E-state index in [0.717, 1.165) is 32.7 Å². The Morgan fingerprint density at radius 2 is 1.62 bits per heavy atom. The fourth-order valence-corrected chi connectivity index (χ4v) is 1.37. The topological polar surface area (TPSA) is 30.5 Å². The van der Waals surface area contributed by atoms with Crippen molar-refractivity contribution in [3.05, 3.63) is 0 Å². The van der Waals surface area contributed by atoms with E-state index < -0.39 is 0 Å². The molecular formula is C13H29NO2. The number of hydrogen-bond donors (Lipinski definition) is 1. The molecule has 0 heterocycles. The summed E-state index contributed by atoms with van der Waals surface area (Å²) in [5.41, 5.74) is 0.208. The van der Waals surface area contributed by atoms with Gasteiger partial charge in [-0.2, -0.15) is 0 Å². The average Bonchev–Trinajstić information content (AvgIpc) is 2.23. The van der Waals surface area contributed by atoms with Gasteiger partial charge in [-0.05, 0) is 19.4 Å². The Bertz CT molecular complexity index is 149. The number of nitrogens with one attached hydrogen (secondary N) is 1. The van der Waals surface area contributed by atoms with Crippen molar-refractivity contribution in [2.24, 2.45) is 5.41 Å². The third kappa shape index (κ3) is 10.4. The minimum atomic E-state index is 0.208. The first-order chi connectivity index (χ1) is 7.62. The molecule has 0 aromatic heterocycles. The summed E-state index contributed by atoms with van der Waals surface area (Å²) in [6.45, 7) is 13.9. The molecule has 0 aromatic rings. The minimum absolute atomic E-state index is 0.208. The zero-order valence-corrected chi connectivity index (χ0v) is 11.5. The van der Waals surface area contributed by atoms with Gasteiger partial charge in [0.1, 0.15) is 0 Å². The number of ether oxygens (including phenoxy) is 2. The van der Waals surface area contributed by atoms with E-state index in [0.29, 0.717) is 13.2 Å². The average molecular weight is 231 g/mol. The van der Waals surface area contributed by atoms with Crippen LogP contribution < -0.4 is 5.32 Å². The molecule has 0 fully saturated rings. The van der Waals surface area contributed by atoms with E-state index in [2.05, 4.69) is 33.0 Å². The van der Waals surface area contributed by atoms with Gasteiger partial charge >= 0.3 is 0 Å². The van der Waals surface area contributed by atoms with Crippen molar-refractivity contribution in [2.45, 2.75) is 40.5 Å². The predicted octanol–water partition coefficient (Wildman–Crippen LogP) is 2.46. The maximum absolute atomic E-state index is 5.61. The molecule has 0 radical (unpaired) electrons. The van der Waals surface area contributed by atoms with E-state index in [9.17, 15) is 0 Å². The molecule has 0 unspecified atom stereocenters. The highest BCUT2D eigenvalue weighted by molar-refractivity contribution is 4.70. The Kier molecular flexibility index (Phi) is 9.99. The van der Waals surface area contributed by atoms with Crippen LogP contribution in [0.1, 0.15) is 40.5 Å². The van der Waals surface area contributed by atoms with Crippen molar-refractivity contribution in [1.82, 2.24) is 5.32 Å². The SMILES string of the molecule is CCCNCC(C)(C)COCCOCCC. The molecule has 3 nitrogen and oxygen atoms in total. The minimum Gasteiger partial charge on any atom is -0.379 e. The van der Waals surface area contributed by atoms with Gasteiger partial charge in [-0.1, -0.05) is 27.7 Å². The van der Waals surface area contributed by atoms with Crippen LogP contribution in [-0.2, 0) is 9.47 Å². The molecule has 3 heteroatoms. The molecule has 0 aliphatic rings. The van der Waals surface area contributed by atoms with Crippen LogP contribution in [0.4, 0.5) is 0 Å². The normalized spacial score (nSPS) is 12.0. The Morgan fingerprint density at radius 3 is 2.25 bits per heavy atom. The van der Waals surface area contributed by atoms with Crippen LogP contribution in [-0.4, -0.2) is 39.5 Å². The van der Waals surface area contributed by atoms with Crippen LogP contribution in [0.2, 0.25) is 0 Å². The lowest BCUT2D eigenvalue weighted by atomic mass is 9.95. The van der Waals surface area contributed by atoms with Crippen molar-refractivity contribution in [2.75, 3.05) is 39.5 Å². The van der Waals surface area contributed by atoms with Crippen molar-refractivity contribution >= 4 is 0 Å². The number of rotatable bonds is 11. The monoisotopic (exact) mass is 231 g/mol. The summed E-state index contributed by atoms with van der Waals surface area (Å²) >= 11 is 0. The summed E-state index contributed by atoms with van der Waals surface area (Å²) in [6.07, 6.45) is 2.26. The summed E-state index contributed by atoms with van der Waals surface area (Å²) in [4.78, 5) is 0. The van der Waals surface area contributed by atoms with Gasteiger partial charge in [0.05, 0.1) is 19.8 Å². The van der Waals surface area contributed by atoms with Crippen molar-refractivity contribution in [3.63, 3.8) is 0 Å². The van der Waals surface area contributed by atoms with E-state index >= 15 is 0 Å². The highest BCUT2D eigenvalue weighted by atomic mass is 16.5. The van der Waals surface area contributed by atoms with E-state index in [-0.39, 0.29) is 5.41 Å². The van der Waals surface area contributed by atoms with E-state index in [1.807, 2.05) is 0 Å². The van der Waals surface area contributed by atoms with E-state index in [4.69, 9.17) is 9.47 Å². The summed E-state index contributed by atoms with van der Waals surface area (Å²) in [5.74, 6) is 0. The molecule has 0 saturated carbocycles. The standard InChI is InChI=1S/C13H29NO2/c1-5-7-14-11-13(3,4)12-16-10-9-15-8-6-2/h14H,5-12H2,1-4H3. The highest BCUT2D eigenvalue weighted by Crippen LogP contribution is 2.13.